The van der Waals surface area contributed by atoms with Gasteiger partial charge in [-0.15, -0.1) is 0 Å². The van der Waals surface area contributed by atoms with Gasteiger partial charge in [0, 0.05) is 11.1 Å². The first-order valence-corrected chi connectivity index (χ1v) is 9.39. The summed E-state index contributed by atoms with van der Waals surface area (Å²) in [6, 6.07) is 24.2. The molecule has 0 aliphatic heterocycles. The molecule has 0 amide bonds. The molecule has 3 heteroatoms. The van der Waals surface area contributed by atoms with Crippen LogP contribution in [0.15, 0.2) is 72.8 Å². The van der Waals surface area contributed by atoms with Crippen LogP contribution in [0.4, 0.5) is 0 Å². The van der Waals surface area contributed by atoms with Crippen molar-refractivity contribution >= 4 is 27.5 Å². The van der Waals surface area contributed by atoms with E-state index in [9.17, 15) is 4.79 Å². The highest BCUT2D eigenvalue weighted by atomic mass is 16.5. The summed E-state index contributed by atoms with van der Waals surface area (Å²) in [7, 11) is 1.67. The molecule has 0 unspecified atom stereocenters. The second-order valence-corrected chi connectivity index (χ2v) is 7.10. The Morgan fingerprint density at radius 3 is 1.75 bits per heavy atom. The number of esters is 1. The lowest BCUT2D eigenvalue weighted by atomic mass is 9.92. The van der Waals surface area contributed by atoms with E-state index in [4.69, 9.17) is 9.47 Å². The van der Waals surface area contributed by atoms with E-state index in [1.165, 1.54) is 0 Å². The molecule has 4 aromatic rings. The molecule has 0 heterocycles. The summed E-state index contributed by atoms with van der Waals surface area (Å²) in [6.07, 6.45) is 0. The summed E-state index contributed by atoms with van der Waals surface area (Å²) in [5, 5.41) is 4.26. The number of ether oxygens (including phenoxy) is 2. The smallest absolute Gasteiger partial charge is 0.313 e. The maximum absolute atomic E-state index is 12.4. The zero-order valence-corrected chi connectivity index (χ0v) is 16.2. The molecule has 0 saturated carbocycles. The van der Waals surface area contributed by atoms with Crippen LogP contribution in [0.3, 0.4) is 0 Å². The Labute approximate surface area is 164 Å². The van der Waals surface area contributed by atoms with Crippen LogP contribution < -0.4 is 9.47 Å². The fraction of sp³-hybridized carbons (Fsp3) is 0.160. The van der Waals surface area contributed by atoms with Gasteiger partial charge in [0.1, 0.15) is 11.5 Å². The molecule has 0 aromatic heterocycles. The fourth-order valence-electron chi connectivity index (χ4n) is 3.50. The average Bonchev–Trinajstić information content (AvgIpc) is 2.73. The molecular formula is C25H22O3. The summed E-state index contributed by atoms with van der Waals surface area (Å²) < 4.78 is 11.5. The maximum atomic E-state index is 12.4. The Balaban J connectivity index is 2.10. The van der Waals surface area contributed by atoms with Gasteiger partial charge in [-0.2, -0.15) is 0 Å². The third kappa shape index (κ3) is 3.09. The van der Waals surface area contributed by atoms with Gasteiger partial charge in [0.15, 0.2) is 0 Å². The van der Waals surface area contributed by atoms with Crippen molar-refractivity contribution in [1.29, 1.82) is 0 Å². The van der Waals surface area contributed by atoms with Crippen molar-refractivity contribution in [3.8, 4) is 22.6 Å². The zero-order valence-electron chi connectivity index (χ0n) is 16.2. The van der Waals surface area contributed by atoms with Crippen LogP contribution >= 0.6 is 0 Å². The van der Waals surface area contributed by atoms with Gasteiger partial charge >= 0.3 is 5.97 Å². The number of carbonyl (C=O) groups excluding carboxylic acids is 1. The van der Waals surface area contributed by atoms with Crippen molar-refractivity contribution in [3.05, 3.63) is 72.8 Å². The molecule has 4 rings (SSSR count). The Morgan fingerprint density at radius 2 is 1.21 bits per heavy atom. The molecule has 3 nitrogen and oxygen atoms in total. The minimum Gasteiger partial charge on any atom is -0.496 e. The Kier molecular flexibility index (Phi) is 4.74. The number of hydrogen-bond acceptors (Lipinski definition) is 3. The first-order chi connectivity index (χ1) is 13.6. The molecule has 0 aliphatic rings. The SMILES string of the molecule is COc1ccc2ccccc2c1-c1c(OC(=O)C(C)C)ccc2ccccc12. The summed E-state index contributed by atoms with van der Waals surface area (Å²) in [4.78, 5) is 12.4. The lowest BCUT2D eigenvalue weighted by molar-refractivity contribution is -0.137. The second kappa shape index (κ2) is 7.35. The predicted molar refractivity (Wildman–Crippen MR) is 114 cm³/mol. The molecule has 0 fully saturated rings. The van der Waals surface area contributed by atoms with Crippen LogP contribution in [0.1, 0.15) is 13.8 Å². The van der Waals surface area contributed by atoms with Gasteiger partial charge in [0.2, 0.25) is 0 Å². The third-order valence-electron chi connectivity index (χ3n) is 4.93. The number of rotatable bonds is 4. The molecule has 0 saturated heterocycles. The number of methoxy groups -OCH3 is 1. The number of benzene rings is 4. The van der Waals surface area contributed by atoms with Crippen LogP contribution in [0.5, 0.6) is 11.5 Å². The van der Waals surface area contributed by atoms with Crippen molar-refractivity contribution in [3.63, 3.8) is 0 Å². The number of fused-ring (bicyclic) bond motifs is 2. The van der Waals surface area contributed by atoms with Crippen molar-refractivity contribution in [2.75, 3.05) is 7.11 Å². The topological polar surface area (TPSA) is 35.5 Å². The van der Waals surface area contributed by atoms with Crippen LogP contribution in [0.2, 0.25) is 0 Å². The van der Waals surface area contributed by atoms with Gasteiger partial charge in [0.05, 0.1) is 13.0 Å². The highest BCUT2D eigenvalue weighted by Crippen LogP contribution is 2.45. The van der Waals surface area contributed by atoms with E-state index >= 15 is 0 Å². The Hall–Kier alpha value is -3.33. The van der Waals surface area contributed by atoms with E-state index in [2.05, 4.69) is 24.3 Å². The molecule has 140 valence electrons. The van der Waals surface area contributed by atoms with Crippen LogP contribution in [-0.4, -0.2) is 13.1 Å². The van der Waals surface area contributed by atoms with Crippen molar-refractivity contribution in [2.24, 2.45) is 5.92 Å². The normalized spacial score (nSPS) is 11.1. The molecular weight excluding hydrogens is 348 g/mol. The fourth-order valence-corrected chi connectivity index (χ4v) is 3.50. The monoisotopic (exact) mass is 370 g/mol. The quantitative estimate of drug-likeness (QED) is 0.315. The van der Waals surface area contributed by atoms with Gasteiger partial charge < -0.3 is 9.47 Å². The average molecular weight is 370 g/mol. The number of carbonyl (C=O) groups is 1. The van der Waals surface area contributed by atoms with Gasteiger partial charge in [-0.1, -0.05) is 74.5 Å². The third-order valence-corrected chi connectivity index (χ3v) is 4.93. The molecule has 0 bridgehead atoms. The first-order valence-electron chi connectivity index (χ1n) is 9.39. The molecule has 0 spiro atoms. The standard InChI is InChI=1S/C25H22O3/c1-16(2)25(26)28-22-15-13-18-9-5-7-11-20(18)24(22)23-19-10-6-4-8-17(19)12-14-21(23)27-3/h4-16H,1-3H3. The van der Waals surface area contributed by atoms with Gasteiger partial charge in [-0.05, 0) is 33.7 Å². The molecule has 0 aliphatic carbocycles. The van der Waals surface area contributed by atoms with E-state index in [0.29, 0.717) is 5.75 Å². The highest BCUT2D eigenvalue weighted by Gasteiger charge is 2.21. The van der Waals surface area contributed by atoms with Crippen molar-refractivity contribution in [1.82, 2.24) is 0 Å². The summed E-state index contributed by atoms with van der Waals surface area (Å²) in [5.74, 6) is 0.827. The maximum Gasteiger partial charge on any atom is 0.313 e. The highest BCUT2D eigenvalue weighted by molar-refractivity contribution is 6.10. The molecule has 0 radical (unpaired) electrons. The minimum atomic E-state index is -0.254. The van der Waals surface area contributed by atoms with Crippen molar-refractivity contribution < 1.29 is 14.3 Å². The van der Waals surface area contributed by atoms with Gasteiger partial charge in [-0.3, -0.25) is 4.79 Å². The van der Waals surface area contributed by atoms with E-state index in [-0.39, 0.29) is 11.9 Å². The Morgan fingerprint density at radius 1 is 0.714 bits per heavy atom. The van der Waals surface area contributed by atoms with Crippen LogP contribution in [-0.2, 0) is 4.79 Å². The summed E-state index contributed by atoms with van der Waals surface area (Å²) >= 11 is 0. The lowest BCUT2D eigenvalue weighted by Gasteiger charge is -2.18. The van der Waals surface area contributed by atoms with Gasteiger partial charge in [-0.25, -0.2) is 0 Å². The lowest BCUT2D eigenvalue weighted by Crippen LogP contribution is -2.15. The minimum absolute atomic E-state index is 0.214. The molecule has 28 heavy (non-hydrogen) atoms. The van der Waals surface area contributed by atoms with Gasteiger partial charge in [0.25, 0.3) is 0 Å². The summed E-state index contributed by atoms with van der Waals surface area (Å²) in [6.45, 7) is 3.67. The van der Waals surface area contributed by atoms with E-state index in [1.54, 1.807) is 7.11 Å². The Bertz CT molecular complexity index is 1170. The molecule has 4 aromatic carbocycles. The van der Waals surface area contributed by atoms with Crippen LogP contribution in [0, 0.1) is 5.92 Å². The number of hydrogen-bond donors (Lipinski definition) is 0. The molecule has 0 N–H and O–H groups in total. The summed E-state index contributed by atoms with van der Waals surface area (Å²) in [5.41, 5.74) is 1.81. The van der Waals surface area contributed by atoms with Crippen molar-refractivity contribution in [2.45, 2.75) is 13.8 Å². The van der Waals surface area contributed by atoms with Crippen LogP contribution in [0.25, 0.3) is 32.7 Å². The molecule has 0 atom stereocenters. The zero-order chi connectivity index (χ0) is 19.7. The largest absolute Gasteiger partial charge is 0.496 e. The van der Waals surface area contributed by atoms with E-state index in [0.717, 1.165) is 38.4 Å². The first kappa shape index (κ1) is 18.1. The second-order valence-electron chi connectivity index (χ2n) is 7.10. The van der Waals surface area contributed by atoms with E-state index < -0.39 is 0 Å². The van der Waals surface area contributed by atoms with E-state index in [1.807, 2.05) is 62.4 Å². The predicted octanol–water partition coefficient (Wildman–Crippen LogP) is 6.23.